The summed E-state index contributed by atoms with van der Waals surface area (Å²) in [6.07, 6.45) is 3.51. The summed E-state index contributed by atoms with van der Waals surface area (Å²) in [4.78, 5) is 12.5. The second kappa shape index (κ2) is 8.21. The molecule has 1 aliphatic carbocycles. The van der Waals surface area contributed by atoms with Gasteiger partial charge in [-0.1, -0.05) is 49.2 Å². The first kappa shape index (κ1) is 19.5. The average Bonchev–Trinajstić information content (AvgIpc) is 3.16. The van der Waals surface area contributed by atoms with E-state index in [4.69, 9.17) is 0 Å². The van der Waals surface area contributed by atoms with Crippen LogP contribution in [0, 0.1) is 5.82 Å². The van der Waals surface area contributed by atoms with Gasteiger partial charge < -0.3 is 5.32 Å². The molecule has 27 heavy (non-hydrogen) atoms. The van der Waals surface area contributed by atoms with E-state index < -0.39 is 15.3 Å². The molecule has 1 aliphatic rings. The third-order valence-corrected chi connectivity index (χ3v) is 7.06. The molecule has 1 N–H and O–H groups in total. The molecule has 0 spiro atoms. The van der Waals surface area contributed by atoms with Crippen molar-refractivity contribution in [1.29, 1.82) is 0 Å². The van der Waals surface area contributed by atoms with Crippen LogP contribution >= 0.6 is 0 Å². The van der Waals surface area contributed by atoms with Crippen LogP contribution in [-0.4, -0.2) is 26.6 Å². The Balaban J connectivity index is 1.62. The first-order chi connectivity index (χ1) is 12.9. The third-order valence-electron chi connectivity index (χ3n) is 5.33. The average molecular weight is 389 g/mol. The lowest BCUT2D eigenvalue weighted by Gasteiger charge is -2.30. The highest BCUT2D eigenvalue weighted by Gasteiger charge is 2.37. The largest absolute Gasteiger partial charge is 0.355 e. The molecular weight excluding hydrogens is 365 g/mol. The normalized spacial score (nSPS) is 16.2. The molecule has 144 valence electrons. The molecule has 2 aromatic rings. The van der Waals surface area contributed by atoms with Crippen LogP contribution in [0.2, 0.25) is 0 Å². The van der Waals surface area contributed by atoms with Crippen LogP contribution in [0.4, 0.5) is 4.39 Å². The van der Waals surface area contributed by atoms with E-state index in [2.05, 4.69) is 5.32 Å². The summed E-state index contributed by atoms with van der Waals surface area (Å²) in [5, 5.41) is 2.85. The lowest BCUT2D eigenvalue weighted by atomic mass is 9.78. The molecular formula is C21H24FNO3S. The minimum Gasteiger partial charge on any atom is -0.355 e. The number of carbonyl (C=O) groups excluding carboxylic acids is 1. The zero-order valence-electron chi connectivity index (χ0n) is 15.2. The Kier molecular flexibility index (Phi) is 5.95. The van der Waals surface area contributed by atoms with E-state index >= 15 is 0 Å². The summed E-state index contributed by atoms with van der Waals surface area (Å²) in [5.74, 6) is -0.812. The first-order valence-corrected chi connectivity index (χ1v) is 10.9. The lowest BCUT2D eigenvalue weighted by molar-refractivity contribution is -0.121. The fraction of sp³-hybridized carbons (Fsp3) is 0.381. The molecule has 0 atom stereocenters. The molecule has 6 heteroatoms. The maximum Gasteiger partial charge on any atom is 0.221 e. The van der Waals surface area contributed by atoms with Crippen molar-refractivity contribution >= 4 is 15.7 Å². The topological polar surface area (TPSA) is 63.2 Å². The van der Waals surface area contributed by atoms with Gasteiger partial charge in [0.1, 0.15) is 5.82 Å². The van der Waals surface area contributed by atoms with Crippen molar-refractivity contribution in [3.63, 3.8) is 0 Å². The van der Waals surface area contributed by atoms with Crippen LogP contribution in [0.25, 0.3) is 0 Å². The Morgan fingerprint density at radius 3 is 2.30 bits per heavy atom. The zero-order valence-corrected chi connectivity index (χ0v) is 16.0. The van der Waals surface area contributed by atoms with Crippen molar-refractivity contribution in [3.05, 3.63) is 66.0 Å². The van der Waals surface area contributed by atoms with Gasteiger partial charge in [0, 0.05) is 18.4 Å². The molecule has 1 amide bonds. The Bertz CT molecular complexity index is 891. The Hall–Kier alpha value is -2.21. The third kappa shape index (κ3) is 4.56. The predicted molar refractivity (Wildman–Crippen MR) is 103 cm³/mol. The summed E-state index contributed by atoms with van der Waals surface area (Å²) >= 11 is 0. The second-order valence-corrected chi connectivity index (χ2v) is 9.24. The van der Waals surface area contributed by atoms with E-state index in [9.17, 15) is 17.6 Å². The number of hydrogen-bond donors (Lipinski definition) is 1. The number of benzene rings is 2. The molecule has 1 fully saturated rings. The Morgan fingerprint density at radius 1 is 1.00 bits per heavy atom. The summed E-state index contributed by atoms with van der Waals surface area (Å²) in [6, 6.07) is 14.8. The molecule has 0 bridgehead atoms. The smallest absolute Gasteiger partial charge is 0.221 e. The highest BCUT2D eigenvalue weighted by Crippen LogP contribution is 2.41. The minimum absolute atomic E-state index is 0.107. The number of sulfone groups is 1. The fourth-order valence-corrected chi connectivity index (χ4v) is 5.07. The number of amides is 1. The Morgan fingerprint density at radius 2 is 1.63 bits per heavy atom. The van der Waals surface area contributed by atoms with Crippen LogP contribution in [0.1, 0.15) is 37.7 Å². The van der Waals surface area contributed by atoms with Gasteiger partial charge in [0.15, 0.2) is 9.84 Å². The van der Waals surface area contributed by atoms with Gasteiger partial charge in [-0.05, 0) is 36.6 Å². The van der Waals surface area contributed by atoms with Gasteiger partial charge in [0.05, 0.1) is 10.6 Å². The lowest BCUT2D eigenvalue weighted by Crippen LogP contribution is -2.40. The van der Waals surface area contributed by atoms with Crippen molar-refractivity contribution in [2.24, 2.45) is 0 Å². The number of rotatable bonds is 7. The van der Waals surface area contributed by atoms with Crippen molar-refractivity contribution in [1.82, 2.24) is 5.32 Å². The van der Waals surface area contributed by atoms with Crippen molar-refractivity contribution < 1.29 is 17.6 Å². The second-order valence-electron chi connectivity index (χ2n) is 7.13. The molecule has 3 rings (SSSR count). The van der Waals surface area contributed by atoms with Gasteiger partial charge in [-0.15, -0.1) is 0 Å². The van der Waals surface area contributed by atoms with E-state index in [0.29, 0.717) is 12.1 Å². The summed E-state index contributed by atoms with van der Waals surface area (Å²) in [5.41, 5.74) is 0.235. The molecule has 0 heterocycles. The van der Waals surface area contributed by atoms with Gasteiger partial charge >= 0.3 is 0 Å². The standard InChI is InChI=1S/C21H24FNO3S/c22-19-11-5-4-10-18(19)21(13-6-7-14-21)16-23-20(24)12-15-27(25,26)17-8-2-1-3-9-17/h1-5,8-11H,6-7,12-16H2,(H,23,24). The quantitative estimate of drug-likeness (QED) is 0.787. The van der Waals surface area contributed by atoms with Crippen molar-refractivity contribution in [3.8, 4) is 0 Å². The minimum atomic E-state index is -3.49. The van der Waals surface area contributed by atoms with E-state index in [1.165, 1.54) is 18.2 Å². The molecule has 0 aromatic heterocycles. The van der Waals surface area contributed by atoms with Crippen LogP contribution in [0.5, 0.6) is 0 Å². The van der Waals surface area contributed by atoms with Crippen LogP contribution in [0.15, 0.2) is 59.5 Å². The van der Waals surface area contributed by atoms with Gasteiger partial charge in [-0.25, -0.2) is 12.8 Å². The molecule has 0 radical (unpaired) electrons. The zero-order chi connectivity index (χ0) is 19.3. The van der Waals surface area contributed by atoms with E-state index in [-0.39, 0.29) is 28.8 Å². The van der Waals surface area contributed by atoms with Crippen molar-refractivity contribution in [2.45, 2.75) is 42.4 Å². The van der Waals surface area contributed by atoms with Crippen LogP contribution in [0.3, 0.4) is 0 Å². The maximum absolute atomic E-state index is 14.3. The molecule has 0 unspecified atom stereocenters. The number of nitrogens with one attached hydrogen (secondary N) is 1. The fourth-order valence-electron chi connectivity index (χ4n) is 3.81. The van der Waals surface area contributed by atoms with Crippen LogP contribution < -0.4 is 5.32 Å². The van der Waals surface area contributed by atoms with E-state index in [1.54, 1.807) is 30.3 Å². The van der Waals surface area contributed by atoms with Gasteiger partial charge in [-0.3, -0.25) is 4.79 Å². The Labute approximate surface area is 159 Å². The van der Waals surface area contributed by atoms with E-state index in [1.807, 2.05) is 6.07 Å². The number of halogens is 1. The predicted octanol–water partition coefficient (Wildman–Crippen LogP) is 3.62. The monoisotopic (exact) mass is 389 g/mol. The molecule has 0 saturated heterocycles. The molecule has 2 aromatic carbocycles. The molecule has 1 saturated carbocycles. The van der Waals surface area contributed by atoms with Crippen molar-refractivity contribution in [2.75, 3.05) is 12.3 Å². The van der Waals surface area contributed by atoms with Gasteiger partial charge in [0.2, 0.25) is 5.91 Å². The summed E-state index contributed by atoms with van der Waals surface area (Å²) in [6.45, 7) is 0.331. The molecule has 4 nitrogen and oxygen atoms in total. The summed E-state index contributed by atoms with van der Waals surface area (Å²) in [7, 11) is -3.49. The van der Waals surface area contributed by atoms with Crippen LogP contribution in [-0.2, 0) is 20.0 Å². The SMILES string of the molecule is O=C(CCS(=O)(=O)c1ccccc1)NCC1(c2ccccc2F)CCCC1. The number of carbonyl (C=O) groups is 1. The first-order valence-electron chi connectivity index (χ1n) is 9.23. The maximum atomic E-state index is 14.3. The van der Waals surface area contributed by atoms with Gasteiger partial charge in [-0.2, -0.15) is 0 Å². The van der Waals surface area contributed by atoms with Gasteiger partial charge in [0.25, 0.3) is 0 Å². The number of hydrogen-bond acceptors (Lipinski definition) is 3. The highest BCUT2D eigenvalue weighted by molar-refractivity contribution is 7.91. The summed E-state index contributed by atoms with van der Waals surface area (Å²) < 4.78 is 38.9. The highest BCUT2D eigenvalue weighted by atomic mass is 32.2. The van der Waals surface area contributed by atoms with E-state index in [0.717, 1.165) is 25.7 Å². The molecule has 0 aliphatic heterocycles.